The average molecular weight is 231 g/mol. The summed E-state index contributed by atoms with van der Waals surface area (Å²) in [6.45, 7) is 0. The van der Waals surface area contributed by atoms with Crippen molar-refractivity contribution in [2.45, 2.75) is 0 Å². The van der Waals surface area contributed by atoms with Gasteiger partial charge in [-0.1, -0.05) is 0 Å². The molecule has 0 fully saturated rings. The van der Waals surface area contributed by atoms with Gasteiger partial charge in [0.25, 0.3) is 11.4 Å². The van der Waals surface area contributed by atoms with Gasteiger partial charge in [-0.25, -0.2) is 0 Å². The van der Waals surface area contributed by atoms with Gasteiger partial charge in [0.2, 0.25) is 0 Å². The van der Waals surface area contributed by atoms with Crippen LogP contribution in [0, 0.1) is 0 Å². The van der Waals surface area contributed by atoms with E-state index >= 15 is 0 Å². The topological polar surface area (TPSA) is 57.5 Å². The molecule has 6 heteroatoms. The molecule has 0 atom stereocenters. The Hall–Kier alpha value is 1.99. The third-order valence-electron chi connectivity index (χ3n) is 0. The Morgan fingerprint density at radius 2 is 1.50 bits per heavy atom. The van der Waals surface area contributed by atoms with Crippen LogP contribution in [0.1, 0.15) is 2.85 Å². The van der Waals surface area contributed by atoms with Crippen LogP contribution in [0.25, 0.3) is 0 Å². The van der Waals surface area contributed by atoms with Crippen molar-refractivity contribution in [1.29, 1.82) is 0 Å². The molecule has 0 aliphatic carbocycles. The first-order chi connectivity index (χ1) is 1.73. The largest absolute Gasteiger partial charge is 2.00 e. The third-order valence-corrected chi connectivity index (χ3v) is 0. The summed E-state index contributed by atoms with van der Waals surface area (Å²) in [5, 5.41) is 0. The van der Waals surface area contributed by atoms with Gasteiger partial charge in [0.1, 0.15) is 0 Å². The van der Waals surface area contributed by atoms with Crippen molar-refractivity contribution in [3.05, 3.63) is 0 Å². The summed E-state index contributed by atoms with van der Waals surface area (Å²) >= 11 is -2.61. The summed E-state index contributed by atoms with van der Waals surface area (Å²) in [7, 11) is 0. The normalized spacial score (nSPS) is 5.83. The zero-order chi connectivity index (χ0) is 3.58. The van der Waals surface area contributed by atoms with Gasteiger partial charge in [-0.2, -0.15) is 4.21 Å². The molecule has 0 rings (SSSR count). The van der Waals surface area contributed by atoms with E-state index in [1.165, 1.54) is 0 Å². The van der Waals surface area contributed by atoms with Gasteiger partial charge in [0.15, 0.2) is 0 Å². The third kappa shape index (κ3) is 37.6. The predicted molar refractivity (Wildman–Crippen MR) is 21.4 cm³/mol. The van der Waals surface area contributed by atoms with Crippen molar-refractivity contribution < 1.29 is 36.6 Å². The Morgan fingerprint density at radius 3 is 1.50 bits per heavy atom. The molecule has 0 amide bonds. The molecule has 6 heavy (non-hydrogen) atoms. The minimum absolute atomic E-state index is 0. The fourth-order valence-corrected chi connectivity index (χ4v) is 0. The van der Waals surface area contributed by atoms with Crippen LogP contribution >= 0.6 is 0 Å². The van der Waals surface area contributed by atoms with E-state index in [2.05, 4.69) is 0 Å². The number of rotatable bonds is 0. The van der Waals surface area contributed by atoms with E-state index in [9.17, 15) is 0 Å². The first-order valence-corrected chi connectivity index (χ1v) is 1.60. The molecule has 2 N–H and O–H groups in total. The standard InChI is InChI=1S/Ca.H2O3S.Pd.2H/c;1-4(2)3;;;/h;(H2,1,2,3);;;/q+2;;;2*-1. The van der Waals surface area contributed by atoms with Gasteiger partial charge in [0, 0.05) is 20.4 Å². The van der Waals surface area contributed by atoms with E-state index in [0.717, 1.165) is 0 Å². The monoisotopic (exact) mass is 230 g/mol. The Kier molecular flexibility index (Phi) is 26.3. The van der Waals surface area contributed by atoms with Crippen molar-refractivity contribution in [2.75, 3.05) is 0 Å². The summed E-state index contributed by atoms with van der Waals surface area (Å²) in [4.78, 5) is 0. The Bertz CT molecular complexity index is 40.3. The van der Waals surface area contributed by atoms with Crippen LogP contribution < -0.4 is 0 Å². The van der Waals surface area contributed by atoms with Crippen LogP contribution in [0.2, 0.25) is 0 Å². The van der Waals surface area contributed by atoms with Gasteiger partial charge >= 0.3 is 37.7 Å². The SMILES string of the molecule is O=S(O)O.[Ca+2].[H-].[H-].[Pd]. The molecule has 0 aromatic heterocycles. The molecule has 0 aliphatic rings. The molecule has 0 unspecified atom stereocenters. The summed E-state index contributed by atoms with van der Waals surface area (Å²) in [6.07, 6.45) is 0. The van der Waals surface area contributed by atoms with Crippen molar-refractivity contribution in [3.63, 3.8) is 0 Å². The molecule has 0 spiro atoms. The van der Waals surface area contributed by atoms with Gasteiger partial charge in [0.05, 0.1) is 0 Å². The molecule has 0 bridgehead atoms. The number of hydrogen-bond acceptors (Lipinski definition) is 1. The van der Waals surface area contributed by atoms with E-state index < -0.39 is 11.4 Å². The first-order valence-electron chi connectivity index (χ1n) is 0.532. The van der Waals surface area contributed by atoms with Crippen molar-refractivity contribution >= 4 is 49.1 Å². The minimum Gasteiger partial charge on any atom is -1.00 e. The molecule has 0 aromatic carbocycles. The van der Waals surface area contributed by atoms with Gasteiger partial charge in [-0.05, 0) is 0 Å². The Morgan fingerprint density at radius 1 is 1.50 bits per heavy atom. The maximum Gasteiger partial charge on any atom is 2.00 e. The molecule has 3 nitrogen and oxygen atoms in total. The fourth-order valence-electron chi connectivity index (χ4n) is 0. The molecule has 40 valence electrons. The van der Waals surface area contributed by atoms with E-state index in [1.807, 2.05) is 0 Å². The second-order valence-corrected chi connectivity index (χ2v) is 0.692. The van der Waals surface area contributed by atoms with E-state index in [1.54, 1.807) is 0 Å². The molecule has 0 aromatic rings. The Labute approximate surface area is 84.6 Å². The molecule has 0 saturated carbocycles. The predicted octanol–water partition coefficient (Wildman–Crippen LogP) is -0.477. The summed E-state index contributed by atoms with van der Waals surface area (Å²) in [5.41, 5.74) is 0. The van der Waals surface area contributed by atoms with Crippen LogP contribution in [0.3, 0.4) is 0 Å². The second-order valence-electron chi connectivity index (χ2n) is 0.231. The maximum atomic E-state index is 8.67. The molecule has 0 heterocycles. The van der Waals surface area contributed by atoms with Gasteiger partial charge in [-0.15, -0.1) is 0 Å². The smallest absolute Gasteiger partial charge is 1.00 e. The number of hydrogen-bond donors (Lipinski definition) is 2. The second kappa shape index (κ2) is 10.1. The fraction of sp³-hybridized carbons (Fsp3) is 0. The van der Waals surface area contributed by atoms with Gasteiger partial charge < -0.3 is 2.85 Å². The van der Waals surface area contributed by atoms with Gasteiger partial charge in [-0.3, -0.25) is 9.11 Å². The Balaban J connectivity index is -0.00000000750. The zero-order valence-corrected chi connectivity index (χ0v) is 7.31. The quantitative estimate of drug-likeness (QED) is 0.437. The summed E-state index contributed by atoms with van der Waals surface area (Å²) in [6, 6.07) is 0. The first kappa shape index (κ1) is 15.7. The van der Waals surface area contributed by atoms with Crippen LogP contribution in [0.4, 0.5) is 0 Å². The summed E-state index contributed by atoms with van der Waals surface area (Å²) < 4.78 is 22.8. The molecular weight excluding hydrogens is 227 g/mol. The van der Waals surface area contributed by atoms with Crippen LogP contribution in [0.5, 0.6) is 0 Å². The molecular formula is H4CaO3PdS. The van der Waals surface area contributed by atoms with E-state index in [0.29, 0.717) is 0 Å². The average Bonchev–Trinajstić information content (AvgIpc) is 0.811. The molecule has 0 radical (unpaired) electrons. The van der Waals surface area contributed by atoms with Crippen LogP contribution in [-0.4, -0.2) is 51.1 Å². The maximum absolute atomic E-state index is 8.67. The van der Waals surface area contributed by atoms with Crippen LogP contribution in [-0.2, 0) is 31.8 Å². The van der Waals surface area contributed by atoms with Crippen molar-refractivity contribution in [1.82, 2.24) is 0 Å². The zero-order valence-electron chi connectivity index (χ0n) is 4.73. The van der Waals surface area contributed by atoms with E-state index in [4.69, 9.17) is 13.3 Å². The van der Waals surface area contributed by atoms with Crippen molar-refractivity contribution in [2.24, 2.45) is 0 Å². The minimum atomic E-state index is -2.61. The van der Waals surface area contributed by atoms with E-state index in [-0.39, 0.29) is 61.0 Å². The van der Waals surface area contributed by atoms with Crippen LogP contribution in [0.15, 0.2) is 0 Å². The van der Waals surface area contributed by atoms with Crippen molar-refractivity contribution in [3.8, 4) is 0 Å². The molecule has 0 saturated heterocycles. The molecule has 0 aliphatic heterocycles. The summed E-state index contributed by atoms with van der Waals surface area (Å²) in [5.74, 6) is 0.